The number of aromatic nitrogens is 2. The van der Waals surface area contributed by atoms with Gasteiger partial charge in [0.15, 0.2) is 0 Å². The van der Waals surface area contributed by atoms with Gasteiger partial charge in [0.25, 0.3) is 0 Å². The number of thiophene rings is 1. The van der Waals surface area contributed by atoms with Gasteiger partial charge in [-0.25, -0.2) is 4.68 Å². The molecule has 1 aliphatic rings. The third kappa shape index (κ3) is 4.43. The van der Waals surface area contributed by atoms with Gasteiger partial charge >= 0.3 is 0 Å². The summed E-state index contributed by atoms with van der Waals surface area (Å²) in [6, 6.07) is 6.49. The Hall–Kier alpha value is -1.70. The SMILES string of the molecule is CN(C)C1CCCN(CC(=O)Nc2ccnn2Cc2cccs2)C1. The molecule has 0 spiro atoms. The molecule has 1 atom stereocenters. The number of nitrogens with zero attached hydrogens (tertiary/aromatic N) is 4. The maximum atomic E-state index is 12.4. The van der Waals surface area contributed by atoms with Crippen LogP contribution < -0.4 is 5.32 Å². The molecule has 0 aromatic carbocycles. The summed E-state index contributed by atoms with van der Waals surface area (Å²) in [4.78, 5) is 18.1. The van der Waals surface area contributed by atoms with Crippen molar-refractivity contribution in [1.82, 2.24) is 19.6 Å². The molecule has 0 saturated carbocycles. The van der Waals surface area contributed by atoms with Crippen LogP contribution in [-0.4, -0.2) is 65.3 Å². The summed E-state index contributed by atoms with van der Waals surface area (Å²) in [5.74, 6) is 0.789. The number of hydrogen-bond donors (Lipinski definition) is 1. The molecule has 1 unspecified atom stereocenters. The van der Waals surface area contributed by atoms with Gasteiger partial charge in [0.2, 0.25) is 5.91 Å². The second-order valence-electron chi connectivity index (χ2n) is 6.50. The van der Waals surface area contributed by atoms with Crippen molar-refractivity contribution in [2.75, 3.05) is 39.0 Å². The molecule has 3 rings (SSSR count). The molecule has 3 heterocycles. The minimum atomic E-state index is 0.0299. The molecular weight excluding hydrogens is 322 g/mol. The number of rotatable bonds is 6. The fourth-order valence-electron chi connectivity index (χ4n) is 3.10. The Balaban J connectivity index is 1.55. The molecule has 7 heteroatoms. The fourth-order valence-corrected chi connectivity index (χ4v) is 3.78. The normalized spacial score (nSPS) is 18.9. The van der Waals surface area contributed by atoms with Gasteiger partial charge in [0, 0.05) is 23.5 Å². The molecule has 6 nitrogen and oxygen atoms in total. The molecule has 0 bridgehead atoms. The van der Waals surface area contributed by atoms with Gasteiger partial charge in [-0.1, -0.05) is 6.07 Å². The lowest BCUT2D eigenvalue weighted by Crippen LogP contribution is -2.47. The zero-order valence-corrected chi connectivity index (χ0v) is 15.1. The molecule has 2 aromatic rings. The zero-order valence-electron chi connectivity index (χ0n) is 14.3. The molecule has 0 radical (unpaired) electrons. The van der Waals surface area contributed by atoms with E-state index in [-0.39, 0.29) is 5.91 Å². The van der Waals surface area contributed by atoms with Crippen molar-refractivity contribution in [2.24, 2.45) is 0 Å². The summed E-state index contributed by atoms with van der Waals surface area (Å²) < 4.78 is 1.84. The largest absolute Gasteiger partial charge is 0.310 e. The van der Waals surface area contributed by atoms with E-state index in [0.717, 1.165) is 25.3 Å². The highest BCUT2D eigenvalue weighted by molar-refractivity contribution is 7.09. The van der Waals surface area contributed by atoms with Crippen LogP contribution in [0.4, 0.5) is 5.82 Å². The zero-order chi connectivity index (χ0) is 16.9. The lowest BCUT2D eigenvalue weighted by atomic mass is 10.1. The van der Waals surface area contributed by atoms with Crippen molar-refractivity contribution in [3.8, 4) is 0 Å². The smallest absolute Gasteiger partial charge is 0.239 e. The molecular formula is C17H25N5OS. The molecule has 2 aromatic heterocycles. The van der Waals surface area contributed by atoms with E-state index in [9.17, 15) is 4.79 Å². The predicted octanol–water partition coefficient (Wildman–Crippen LogP) is 1.96. The number of hydrogen-bond acceptors (Lipinski definition) is 5. The number of amides is 1. The average molecular weight is 347 g/mol. The Labute approximate surface area is 147 Å². The summed E-state index contributed by atoms with van der Waals surface area (Å²) in [6.45, 7) is 3.07. The van der Waals surface area contributed by atoms with Crippen molar-refractivity contribution >= 4 is 23.1 Å². The first kappa shape index (κ1) is 17.1. The van der Waals surface area contributed by atoms with Crippen LogP contribution in [0.3, 0.4) is 0 Å². The van der Waals surface area contributed by atoms with Crippen LogP contribution in [0.25, 0.3) is 0 Å². The standard InChI is InChI=1S/C17H25N5OS/c1-20(2)14-5-3-9-21(11-14)13-17(23)19-16-7-8-18-22(16)12-15-6-4-10-24-15/h4,6-8,10,14H,3,5,9,11-13H2,1-2H3,(H,19,23). The van der Waals surface area contributed by atoms with Gasteiger partial charge in [0.1, 0.15) is 5.82 Å². The van der Waals surface area contributed by atoms with Crippen molar-refractivity contribution in [1.29, 1.82) is 0 Å². The summed E-state index contributed by atoms with van der Waals surface area (Å²) in [5.41, 5.74) is 0. The van der Waals surface area contributed by atoms with Gasteiger partial charge < -0.3 is 10.2 Å². The van der Waals surface area contributed by atoms with E-state index >= 15 is 0 Å². The van der Waals surface area contributed by atoms with Crippen LogP contribution in [0.2, 0.25) is 0 Å². The highest BCUT2D eigenvalue weighted by Crippen LogP contribution is 2.16. The molecule has 1 N–H and O–H groups in total. The van der Waals surface area contributed by atoms with Crippen LogP contribution in [0.5, 0.6) is 0 Å². The Morgan fingerprint density at radius 2 is 2.33 bits per heavy atom. The number of carbonyl (C=O) groups is 1. The number of piperidine rings is 1. The minimum absolute atomic E-state index is 0.0299. The number of anilines is 1. The van der Waals surface area contributed by atoms with Crippen LogP contribution in [0.1, 0.15) is 17.7 Å². The number of likely N-dealkylation sites (tertiary alicyclic amines) is 1. The Morgan fingerprint density at radius 1 is 1.46 bits per heavy atom. The number of likely N-dealkylation sites (N-methyl/N-ethyl adjacent to an activating group) is 1. The summed E-state index contributed by atoms with van der Waals surface area (Å²) in [5, 5.41) is 9.37. The second kappa shape index (κ2) is 7.92. The molecule has 1 aliphatic heterocycles. The Bertz CT molecular complexity index is 652. The molecule has 130 valence electrons. The molecule has 0 aliphatic carbocycles. The van der Waals surface area contributed by atoms with Crippen molar-refractivity contribution in [3.05, 3.63) is 34.7 Å². The van der Waals surface area contributed by atoms with E-state index in [1.54, 1.807) is 17.5 Å². The van der Waals surface area contributed by atoms with E-state index in [0.29, 0.717) is 19.1 Å². The van der Waals surface area contributed by atoms with E-state index in [2.05, 4.69) is 45.8 Å². The first-order valence-electron chi connectivity index (χ1n) is 8.34. The minimum Gasteiger partial charge on any atom is -0.310 e. The van der Waals surface area contributed by atoms with Crippen molar-refractivity contribution in [2.45, 2.75) is 25.4 Å². The molecule has 1 saturated heterocycles. The maximum absolute atomic E-state index is 12.4. The molecule has 1 fully saturated rings. The maximum Gasteiger partial charge on any atom is 0.239 e. The van der Waals surface area contributed by atoms with Gasteiger partial charge in [0.05, 0.1) is 19.3 Å². The highest BCUT2D eigenvalue weighted by Gasteiger charge is 2.23. The number of carbonyl (C=O) groups excluding carboxylic acids is 1. The predicted molar refractivity (Wildman–Crippen MR) is 97.4 cm³/mol. The highest BCUT2D eigenvalue weighted by atomic mass is 32.1. The fraction of sp³-hybridized carbons (Fsp3) is 0.529. The summed E-state index contributed by atoms with van der Waals surface area (Å²) >= 11 is 1.69. The van der Waals surface area contributed by atoms with Crippen molar-refractivity contribution < 1.29 is 4.79 Å². The van der Waals surface area contributed by atoms with Crippen LogP contribution in [0.15, 0.2) is 29.8 Å². The van der Waals surface area contributed by atoms with E-state index in [1.807, 2.05) is 16.8 Å². The monoisotopic (exact) mass is 347 g/mol. The first-order valence-corrected chi connectivity index (χ1v) is 9.22. The van der Waals surface area contributed by atoms with E-state index < -0.39 is 0 Å². The lowest BCUT2D eigenvalue weighted by Gasteiger charge is -2.35. The quantitative estimate of drug-likeness (QED) is 0.868. The second-order valence-corrected chi connectivity index (χ2v) is 7.53. The van der Waals surface area contributed by atoms with Crippen molar-refractivity contribution in [3.63, 3.8) is 0 Å². The molecule has 1 amide bonds. The van der Waals surface area contributed by atoms with Crippen LogP contribution in [-0.2, 0) is 11.3 Å². The van der Waals surface area contributed by atoms with Gasteiger partial charge in [-0.3, -0.25) is 9.69 Å². The van der Waals surface area contributed by atoms with Crippen LogP contribution >= 0.6 is 11.3 Å². The van der Waals surface area contributed by atoms with Gasteiger partial charge in [-0.15, -0.1) is 11.3 Å². The third-order valence-electron chi connectivity index (χ3n) is 4.45. The Kier molecular flexibility index (Phi) is 5.65. The van der Waals surface area contributed by atoms with Gasteiger partial charge in [-0.05, 0) is 44.9 Å². The average Bonchev–Trinajstić information content (AvgIpc) is 3.20. The Morgan fingerprint density at radius 3 is 3.08 bits per heavy atom. The van der Waals surface area contributed by atoms with Gasteiger partial charge in [-0.2, -0.15) is 5.10 Å². The topological polar surface area (TPSA) is 53.4 Å². The lowest BCUT2D eigenvalue weighted by molar-refractivity contribution is -0.117. The third-order valence-corrected chi connectivity index (χ3v) is 5.31. The van der Waals surface area contributed by atoms with E-state index in [1.165, 1.54) is 11.3 Å². The van der Waals surface area contributed by atoms with Crippen LogP contribution in [0, 0.1) is 0 Å². The molecule has 24 heavy (non-hydrogen) atoms. The number of nitrogens with one attached hydrogen (secondary N) is 1. The van der Waals surface area contributed by atoms with E-state index in [4.69, 9.17) is 0 Å². The first-order chi connectivity index (χ1) is 11.6. The summed E-state index contributed by atoms with van der Waals surface area (Å²) in [7, 11) is 4.22. The summed E-state index contributed by atoms with van der Waals surface area (Å²) in [6.07, 6.45) is 4.08.